The van der Waals surface area contributed by atoms with Gasteiger partial charge in [0, 0.05) is 43.8 Å². The molecule has 1 amide bonds. The maximum absolute atomic E-state index is 12.6. The quantitative estimate of drug-likeness (QED) is 0.549. The molecule has 0 aromatic heterocycles. The standard InChI is InChI=1S/C28H31N3O2/c1-2-33-27-11-5-10-24(14-27)28(32)30-16-20-6-3-8-22(12-20)23-9-4-7-21(13-23)18-31-19-25-15-26(31)17-29-25/h3-14,25-26,29H,2,15-19H2,1H3,(H,30,32)/t25-,26-/m0/s1. The number of amides is 1. The second-order valence-electron chi connectivity index (χ2n) is 8.97. The molecular formula is C28H31N3O2. The van der Waals surface area contributed by atoms with Gasteiger partial charge in [-0.25, -0.2) is 0 Å². The zero-order valence-electron chi connectivity index (χ0n) is 19.1. The number of carbonyl (C=O) groups is 1. The number of fused-ring (bicyclic) bond motifs is 2. The molecule has 0 unspecified atom stereocenters. The molecule has 5 heteroatoms. The second-order valence-corrected chi connectivity index (χ2v) is 8.97. The predicted octanol–water partition coefficient (Wildman–Crippen LogP) is 4.23. The first-order valence-corrected chi connectivity index (χ1v) is 11.8. The van der Waals surface area contributed by atoms with E-state index in [2.05, 4.69) is 64.1 Å². The number of likely N-dealkylation sites (tertiary alicyclic amines) is 1. The Morgan fingerprint density at radius 1 is 1.03 bits per heavy atom. The number of hydrogen-bond acceptors (Lipinski definition) is 4. The van der Waals surface area contributed by atoms with Gasteiger partial charge in [0.1, 0.15) is 5.75 Å². The number of ether oxygens (including phenoxy) is 1. The summed E-state index contributed by atoms with van der Waals surface area (Å²) in [7, 11) is 0. The van der Waals surface area contributed by atoms with Crippen LogP contribution in [0.3, 0.4) is 0 Å². The molecule has 0 spiro atoms. The van der Waals surface area contributed by atoms with Gasteiger partial charge >= 0.3 is 0 Å². The van der Waals surface area contributed by atoms with E-state index in [0.717, 1.165) is 25.2 Å². The third-order valence-electron chi connectivity index (χ3n) is 6.60. The van der Waals surface area contributed by atoms with Gasteiger partial charge in [-0.2, -0.15) is 0 Å². The van der Waals surface area contributed by atoms with Crippen LogP contribution in [-0.2, 0) is 13.1 Å². The average molecular weight is 442 g/mol. The molecule has 0 radical (unpaired) electrons. The lowest BCUT2D eigenvalue weighted by molar-refractivity contribution is 0.0950. The van der Waals surface area contributed by atoms with Crippen LogP contribution in [-0.4, -0.2) is 42.6 Å². The normalized spacial score (nSPS) is 19.5. The molecular weight excluding hydrogens is 410 g/mol. The number of piperazine rings is 1. The minimum atomic E-state index is -0.0987. The molecule has 3 aromatic rings. The SMILES string of the molecule is CCOc1cccc(C(=O)NCc2cccc(-c3cccc(CN4C[C@@H]5C[C@H]4CN5)c3)c2)c1. The van der Waals surface area contributed by atoms with Crippen LogP contribution in [0.4, 0.5) is 0 Å². The first-order valence-electron chi connectivity index (χ1n) is 11.8. The number of benzene rings is 3. The van der Waals surface area contributed by atoms with E-state index >= 15 is 0 Å². The van der Waals surface area contributed by atoms with Crippen LogP contribution >= 0.6 is 0 Å². The van der Waals surface area contributed by atoms with E-state index in [-0.39, 0.29) is 5.91 Å². The zero-order chi connectivity index (χ0) is 22.6. The summed E-state index contributed by atoms with van der Waals surface area (Å²) in [6, 6.07) is 25.9. The van der Waals surface area contributed by atoms with Gasteiger partial charge in [0.05, 0.1) is 6.61 Å². The lowest BCUT2D eigenvalue weighted by atomic mass is 10.0. The maximum Gasteiger partial charge on any atom is 0.251 e. The zero-order valence-corrected chi connectivity index (χ0v) is 19.1. The fourth-order valence-electron chi connectivity index (χ4n) is 4.96. The van der Waals surface area contributed by atoms with Crippen molar-refractivity contribution in [1.29, 1.82) is 0 Å². The van der Waals surface area contributed by atoms with Gasteiger partial charge in [-0.05, 0) is 65.9 Å². The van der Waals surface area contributed by atoms with E-state index in [1.54, 1.807) is 6.07 Å². The summed E-state index contributed by atoms with van der Waals surface area (Å²) in [4.78, 5) is 15.2. The van der Waals surface area contributed by atoms with Crippen LogP contribution in [0, 0.1) is 0 Å². The van der Waals surface area contributed by atoms with Crippen LogP contribution < -0.4 is 15.4 Å². The third kappa shape index (κ3) is 5.10. The molecule has 2 aliphatic heterocycles. The lowest BCUT2D eigenvalue weighted by Crippen LogP contribution is -2.42. The average Bonchev–Trinajstić information content (AvgIpc) is 3.47. The number of nitrogens with zero attached hydrogens (tertiary/aromatic N) is 1. The summed E-state index contributed by atoms with van der Waals surface area (Å²) in [5.41, 5.74) is 5.43. The molecule has 2 heterocycles. The maximum atomic E-state index is 12.6. The first kappa shape index (κ1) is 21.7. The Morgan fingerprint density at radius 3 is 2.52 bits per heavy atom. The fraction of sp³-hybridized carbons (Fsp3) is 0.321. The van der Waals surface area contributed by atoms with Gasteiger partial charge in [0.2, 0.25) is 0 Å². The van der Waals surface area contributed by atoms with Crippen molar-refractivity contribution in [3.63, 3.8) is 0 Å². The van der Waals surface area contributed by atoms with Crippen molar-refractivity contribution in [3.8, 4) is 16.9 Å². The Balaban J connectivity index is 1.24. The van der Waals surface area contributed by atoms with Gasteiger partial charge in [-0.1, -0.05) is 42.5 Å². The van der Waals surface area contributed by atoms with E-state index in [1.807, 2.05) is 25.1 Å². The van der Waals surface area contributed by atoms with E-state index in [1.165, 1.54) is 23.1 Å². The Kier molecular flexibility index (Phi) is 6.42. The van der Waals surface area contributed by atoms with Gasteiger partial charge in [-0.15, -0.1) is 0 Å². The number of hydrogen-bond donors (Lipinski definition) is 2. The summed E-state index contributed by atoms with van der Waals surface area (Å²) in [6.07, 6.45) is 1.28. The molecule has 33 heavy (non-hydrogen) atoms. The molecule has 5 nitrogen and oxygen atoms in total. The minimum absolute atomic E-state index is 0.0987. The molecule has 2 aliphatic rings. The number of carbonyl (C=O) groups excluding carboxylic acids is 1. The van der Waals surface area contributed by atoms with Crippen LogP contribution in [0.1, 0.15) is 34.8 Å². The van der Waals surface area contributed by atoms with Gasteiger partial charge in [0.25, 0.3) is 5.91 Å². The molecule has 2 N–H and O–H groups in total. The molecule has 3 aromatic carbocycles. The van der Waals surface area contributed by atoms with Crippen molar-refractivity contribution < 1.29 is 9.53 Å². The van der Waals surface area contributed by atoms with Crippen molar-refractivity contribution in [1.82, 2.24) is 15.5 Å². The Morgan fingerprint density at radius 2 is 1.79 bits per heavy atom. The minimum Gasteiger partial charge on any atom is -0.494 e. The Bertz CT molecular complexity index is 1130. The molecule has 2 bridgehead atoms. The molecule has 2 saturated heterocycles. The van der Waals surface area contributed by atoms with Crippen LogP contribution in [0.5, 0.6) is 5.75 Å². The monoisotopic (exact) mass is 441 g/mol. The third-order valence-corrected chi connectivity index (χ3v) is 6.60. The first-order chi connectivity index (χ1) is 16.2. The Labute approximate surface area is 195 Å². The second kappa shape index (κ2) is 9.77. The fourth-order valence-corrected chi connectivity index (χ4v) is 4.96. The van der Waals surface area contributed by atoms with Crippen molar-refractivity contribution in [3.05, 3.63) is 89.5 Å². The summed E-state index contributed by atoms with van der Waals surface area (Å²) >= 11 is 0. The number of nitrogens with one attached hydrogen (secondary N) is 2. The molecule has 170 valence electrons. The summed E-state index contributed by atoms with van der Waals surface area (Å²) in [5.74, 6) is 0.614. The van der Waals surface area contributed by atoms with Gasteiger partial charge in [0.15, 0.2) is 0 Å². The number of rotatable bonds is 8. The van der Waals surface area contributed by atoms with Crippen LogP contribution in [0.25, 0.3) is 11.1 Å². The predicted molar refractivity (Wildman–Crippen MR) is 131 cm³/mol. The highest BCUT2D eigenvalue weighted by Gasteiger charge is 2.37. The van der Waals surface area contributed by atoms with E-state index in [4.69, 9.17) is 4.74 Å². The molecule has 0 aliphatic carbocycles. The lowest BCUT2D eigenvalue weighted by Gasteiger charge is -2.27. The van der Waals surface area contributed by atoms with Crippen molar-refractivity contribution >= 4 is 5.91 Å². The van der Waals surface area contributed by atoms with Crippen molar-refractivity contribution in [2.24, 2.45) is 0 Å². The van der Waals surface area contributed by atoms with Gasteiger partial charge < -0.3 is 15.4 Å². The summed E-state index contributed by atoms with van der Waals surface area (Å²) in [6.45, 7) is 6.27. The summed E-state index contributed by atoms with van der Waals surface area (Å²) in [5, 5.41) is 6.61. The highest BCUT2D eigenvalue weighted by Crippen LogP contribution is 2.27. The molecule has 2 atom stereocenters. The van der Waals surface area contributed by atoms with E-state index in [0.29, 0.717) is 36.5 Å². The molecule has 5 rings (SSSR count). The Hall–Kier alpha value is -3.15. The summed E-state index contributed by atoms with van der Waals surface area (Å²) < 4.78 is 5.50. The van der Waals surface area contributed by atoms with E-state index in [9.17, 15) is 4.79 Å². The topological polar surface area (TPSA) is 53.6 Å². The highest BCUT2D eigenvalue weighted by molar-refractivity contribution is 5.94. The highest BCUT2D eigenvalue weighted by atomic mass is 16.5. The molecule has 2 fully saturated rings. The smallest absolute Gasteiger partial charge is 0.251 e. The van der Waals surface area contributed by atoms with Crippen molar-refractivity contribution in [2.75, 3.05) is 19.7 Å². The van der Waals surface area contributed by atoms with Crippen molar-refractivity contribution in [2.45, 2.75) is 38.5 Å². The largest absolute Gasteiger partial charge is 0.494 e. The van der Waals surface area contributed by atoms with Crippen LogP contribution in [0.2, 0.25) is 0 Å². The molecule has 0 saturated carbocycles. The van der Waals surface area contributed by atoms with Crippen LogP contribution in [0.15, 0.2) is 72.8 Å². The van der Waals surface area contributed by atoms with E-state index < -0.39 is 0 Å². The van der Waals surface area contributed by atoms with Gasteiger partial charge in [-0.3, -0.25) is 9.69 Å².